The Labute approximate surface area is 106 Å². The largest absolute Gasteiger partial charge is 0.340 e. The van der Waals surface area contributed by atoms with Gasteiger partial charge in [-0.05, 0) is 40.2 Å². The monoisotopic (exact) mass is 295 g/mol. The first kappa shape index (κ1) is 11.2. The molecule has 1 heterocycles. The van der Waals surface area contributed by atoms with Crippen molar-refractivity contribution in [1.29, 1.82) is 5.26 Å². The van der Waals surface area contributed by atoms with Gasteiger partial charge in [-0.3, -0.25) is 0 Å². The number of nitrogens with one attached hydrogen (secondary N) is 1. The van der Waals surface area contributed by atoms with Crippen LogP contribution in [0.4, 0.5) is 0 Å². The van der Waals surface area contributed by atoms with Crippen LogP contribution in [0.3, 0.4) is 0 Å². The fourth-order valence-electron chi connectivity index (χ4n) is 1.33. The standard InChI is InChI=1S/C11H7BrClN3/c12-10-9(5-6-14)15-11(16-10)7-1-3-8(13)4-2-7/h1-4H,5H2,(H,15,16). The Morgan fingerprint density at radius 2 is 2.06 bits per heavy atom. The Bertz CT molecular complexity index is 539. The topological polar surface area (TPSA) is 52.5 Å². The highest BCUT2D eigenvalue weighted by Crippen LogP contribution is 2.23. The molecule has 0 saturated heterocycles. The number of H-pyrrole nitrogens is 1. The van der Waals surface area contributed by atoms with Crippen LogP contribution in [0.15, 0.2) is 28.9 Å². The number of benzene rings is 1. The number of aromatic amines is 1. The fraction of sp³-hybridized carbons (Fsp3) is 0.0909. The normalized spacial score (nSPS) is 10.1. The van der Waals surface area contributed by atoms with E-state index in [0.717, 1.165) is 17.1 Å². The summed E-state index contributed by atoms with van der Waals surface area (Å²) in [4.78, 5) is 7.39. The Morgan fingerprint density at radius 1 is 1.38 bits per heavy atom. The van der Waals surface area contributed by atoms with Crippen molar-refractivity contribution >= 4 is 27.5 Å². The minimum absolute atomic E-state index is 0.307. The van der Waals surface area contributed by atoms with Gasteiger partial charge in [0, 0.05) is 10.6 Å². The van der Waals surface area contributed by atoms with E-state index in [9.17, 15) is 0 Å². The lowest BCUT2D eigenvalue weighted by atomic mass is 10.2. The van der Waals surface area contributed by atoms with Gasteiger partial charge in [-0.1, -0.05) is 11.6 Å². The van der Waals surface area contributed by atoms with E-state index in [2.05, 4.69) is 32.0 Å². The predicted molar refractivity (Wildman–Crippen MR) is 66.1 cm³/mol. The number of aromatic nitrogens is 2. The Hall–Kier alpha value is -1.31. The zero-order chi connectivity index (χ0) is 11.5. The zero-order valence-electron chi connectivity index (χ0n) is 8.17. The van der Waals surface area contributed by atoms with Crippen molar-refractivity contribution in [1.82, 2.24) is 9.97 Å². The molecule has 1 aromatic carbocycles. The van der Waals surface area contributed by atoms with Crippen LogP contribution in [-0.4, -0.2) is 9.97 Å². The number of nitriles is 1. The van der Waals surface area contributed by atoms with Gasteiger partial charge in [0.2, 0.25) is 0 Å². The molecule has 0 aliphatic heterocycles. The second-order valence-electron chi connectivity index (χ2n) is 3.20. The number of halogens is 2. The van der Waals surface area contributed by atoms with E-state index in [0.29, 0.717) is 16.0 Å². The van der Waals surface area contributed by atoms with Gasteiger partial charge in [-0.2, -0.15) is 5.26 Å². The molecule has 0 fully saturated rings. The fourth-order valence-corrected chi connectivity index (χ4v) is 1.87. The summed E-state index contributed by atoms with van der Waals surface area (Å²) in [6.45, 7) is 0. The number of nitrogens with zero attached hydrogens (tertiary/aromatic N) is 2. The maximum absolute atomic E-state index is 8.62. The van der Waals surface area contributed by atoms with Crippen LogP contribution in [0.25, 0.3) is 11.4 Å². The van der Waals surface area contributed by atoms with Crippen molar-refractivity contribution < 1.29 is 0 Å². The Kier molecular flexibility index (Phi) is 3.28. The van der Waals surface area contributed by atoms with Gasteiger partial charge < -0.3 is 4.98 Å². The zero-order valence-corrected chi connectivity index (χ0v) is 10.5. The molecule has 1 aromatic heterocycles. The maximum Gasteiger partial charge on any atom is 0.138 e. The molecule has 5 heteroatoms. The number of rotatable bonds is 2. The van der Waals surface area contributed by atoms with Gasteiger partial charge in [-0.15, -0.1) is 0 Å². The highest BCUT2D eigenvalue weighted by atomic mass is 79.9. The molecule has 0 radical (unpaired) electrons. The van der Waals surface area contributed by atoms with Crippen molar-refractivity contribution in [3.05, 3.63) is 39.6 Å². The van der Waals surface area contributed by atoms with E-state index in [-0.39, 0.29) is 0 Å². The summed E-state index contributed by atoms with van der Waals surface area (Å²) in [6.07, 6.45) is 0.307. The third-order valence-corrected chi connectivity index (χ3v) is 3.01. The molecule has 2 rings (SSSR count). The molecule has 0 atom stereocenters. The summed E-state index contributed by atoms with van der Waals surface area (Å²) in [5.74, 6) is 0.730. The molecule has 1 N–H and O–H groups in total. The van der Waals surface area contributed by atoms with E-state index in [1.807, 2.05) is 12.1 Å². The summed E-state index contributed by atoms with van der Waals surface area (Å²) < 4.78 is 0.680. The van der Waals surface area contributed by atoms with Crippen LogP contribution in [0.1, 0.15) is 5.69 Å². The minimum atomic E-state index is 0.307. The summed E-state index contributed by atoms with van der Waals surface area (Å²) in [7, 11) is 0. The van der Waals surface area contributed by atoms with Crippen LogP contribution >= 0.6 is 27.5 Å². The third-order valence-electron chi connectivity index (χ3n) is 2.10. The van der Waals surface area contributed by atoms with Crippen LogP contribution in [-0.2, 0) is 6.42 Å². The Morgan fingerprint density at radius 3 is 2.69 bits per heavy atom. The average molecular weight is 297 g/mol. The second-order valence-corrected chi connectivity index (χ2v) is 4.38. The molecule has 2 aromatic rings. The van der Waals surface area contributed by atoms with Crippen molar-refractivity contribution in [3.8, 4) is 17.5 Å². The van der Waals surface area contributed by atoms with E-state index >= 15 is 0 Å². The van der Waals surface area contributed by atoms with Gasteiger partial charge in [0.1, 0.15) is 10.4 Å². The van der Waals surface area contributed by atoms with Crippen LogP contribution in [0, 0.1) is 11.3 Å². The van der Waals surface area contributed by atoms with Crippen molar-refractivity contribution in [3.63, 3.8) is 0 Å². The number of hydrogen-bond donors (Lipinski definition) is 1. The molecule has 0 saturated carbocycles. The lowest BCUT2D eigenvalue weighted by molar-refractivity contribution is 1.15. The van der Waals surface area contributed by atoms with Gasteiger partial charge in [0.05, 0.1) is 18.2 Å². The van der Waals surface area contributed by atoms with Gasteiger partial charge in [0.25, 0.3) is 0 Å². The molecular weight excluding hydrogens is 289 g/mol. The quantitative estimate of drug-likeness (QED) is 0.921. The lowest BCUT2D eigenvalue weighted by Gasteiger charge is -1.95. The Balaban J connectivity index is 2.38. The summed E-state index contributed by atoms with van der Waals surface area (Å²) >= 11 is 9.11. The molecule has 0 amide bonds. The molecule has 0 aliphatic rings. The molecule has 0 spiro atoms. The number of imidazole rings is 1. The van der Waals surface area contributed by atoms with Crippen LogP contribution < -0.4 is 0 Å². The first-order valence-corrected chi connectivity index (χ1v) is 5.75. The highest BCUT2D eigenvalue weighted by molar-refractivity contribution is 9.10. The lowest BCUT2D eigenvalue weighted by Crippen LogP contribution is -1.83. The van der Waals surface area contributed by atoms with Crippen molar-refractivity contribution in [2.45, 2.75) is 6.42 Å². The second kappa shape index (κ2) is 4.69. The van der Waals surface area contributed by atoms with E-state index in [1.54, 1.807) is 12.1 Å². The smallest absolute Gasteiger partial charge is 0.138 e. The summed E-state index contributed by atoms with van der Waals surface area (Å²) in [6, 6.07) is 9.44. The number of hydrogen-bond acceptors (Lipinski definition) is 2. The van der Waals surface area contributed by atoms with E-state index < -0.39 is 0 Å². The maximum atomic E-state index is 8.62. The molecule has 16 heavy (non-hydrogen) atoms. The first-order valence-electron chi connectivity index (χ1n) is 4.58. The van der Waals surface area contributed by atoms with Gasteiger partial charge in [-0.25, -0.2) is 4.98 Å². The van der Waals surface area contributed by atoms with Gasteiger partial charge in [0.15, 0.2) is 0 Å². The highest BCUT2D eigenvalue weighted by Gasteiger charge is 2.08. The van der Waals surface area contributed by atoms with E-state index in [4.69, 9.17) is 16.9 Å². The minimum Gasteiger partial charge on any atom is -0.340 e. The average Bonchev–Trinajstić information content (AvgIpc) is 2.62. The molecule has 3 nitrogen and oxygen atoms in total. The SMILES string of the molecule is N#CCc1[nH]c(-c2ccc(Cl)cc2)nc1Br. The van der Waals surface area contributed by atoms with Gasteiger partial charge >= 0.3 is 0 Å². The summed E-state index contributed by atoms with van der Waals surface area (Å²) in [5, 5.41) is 9.31. The molecule has 0 aliphatic carbocycles. The first-order chi connectivity index (χ1) is 7.70. The van der Waals surface area contributed by atoms with Crippen LogP contribution in [0.2, 0.25) is 5.02 Å². The van der Waals surface area contributed by atoms with E-state index in [1.165, 1.54) is 0 Å². The van der Waals surface area contributed by atoms with Crippen molar-refractivity contribution in [2.24, 2.45) is 0 Å². The molecule has 0 unspecified atom stereocenters. The molecular formula is C11H7BrClN3. The summed E-state index contributed by atoms with van der Waals surface area (Å²) in [5.41, 5.74) is 1.72. The molecule has 0 bridgehead atoms. The van der Waals surface area contributed by atoms with Crippen LogP contribution in [0.5, 0.6) is 0 Å². The van der Waals surface area contributed by atoms with Crippen molar-refractivity contribution in [2.75, 3.05) is 0 Å². The molecule has 80 valence electrons. The predicted octanol–water partition coefficient (Wildman–Crippen LogP) is 3.56. The third kappa shape index (κ3) is 2.26.